The fourth-order valence-electron chi connectivity index (χ4n) is 2.92. The molecular weight excluding hydrogens is 248 g/mol. The van der Waals surface area contributed by atoms with Crippen LogP contribution in [0.3, 0.4) is 0 Å². The van der Waals surface area contributed by atoms with Gasteiger partial charge in [-0.05, 0) is 49.4 Å². The molecule has 1 aromatic carbocycles. The molecule has 3 nitrogen and oxygen atoms in total. The van der Waals surface area contributed by atoms with Crippen LogP contribution in [0.4, 0.5) is 5.69 Å². The Morgan fingerprint density at radius 1 is 1.30 bits per heavy atom. The predicted molar refractivity (Wildman–Crippen MR) is 85.7 cm³/mol. The molecule has 1 saturated heterocycles. The Balaban J connectivity index is 1.86. The van der Waals surface area contributed by atoms with Crippen molar-refractivity contribution in [3.05, 3.63) is 23.8 Å². The van der Waals surface area contributed by atoms with Crippen molar-refractivity contribution >= 4 is 5.69 Å². The van der Waals surface area contributed by atoms with Crippen LogP contribution in [-0.4, -0.2) is 37.7 Å². The number of rotatable bonds is 5. The van der Waals surface area contributed by atoms with Crippen molar-refractivity contribution in [3.63, 3.8) is 0 Å². The standard InChI is InChI=1S/C17H28N2O/c1-13(2)12-19-9-7-15(8-10-19)18-17-6-5-16(20-4)11-14(17)3/h5-6,11,13,15,18H,7-10,12H2,1-4H3. The molecule has 0 radical (unpaired) electrons. The van der Waals surface area contributed by atoms with Crippen molar-refractivity contribution < 1.29 is 4.74 Å². The zero-order valence-corrected chi connectivity index (χ0v) is 13.3. The fraction of sp³-hybridized carbons (Fsp3) is 0.647. The number of aryl methyl sites for hydroxylation is 1. The summed E-state index contributed by atoms with van der Waals surface area (Å²) < 4.78 is 5.26. The first-order valence-electron chi connectivity index (χ1n) is 7.72. The number of nitrogens with one attached hydrogen (secondary N) is 1. The van der Waals surface area contributed by atoms with Gasteiger partial charge in [-0.2, -0.15) is 0 Å². The molecule has 0 atom stereocenters. The number of ether oxygens (including phenoxy) is 1. The Hall–Kier alpha value is -1.22. The normalized spacial score (nSPS) is 17.4. The maximum absolute atomic E-state index is 5.26. The summed E-state index contributed by atoms with van der Waals surface area (Å²) in [5.74, 6) is 1.70. The van der Waals surface area contributed by atoms with E-state index in [9.17, 15) is 0 Å². The third kappa shape index (κ3) is 4.14. The van der Waals surface area contributed by atoms with E-state index >= 15 is 0 Å². The van der Waals surface area contributed by atoms with Crippen LogP contribution >= 0.6 is 0 Å². The molecule has 1 fully saturated rings. The summed E-state index contributed by atoms with van der Waals surface area (Å²) in [5, 5.41) is 3.69. The van der Waals surface area contributed by atoms with Gasteiger partial charge in [-0.25, -0.2) is 0 Å². The lowest BCUT2D eigenvalue weighted by atomic mass is 10.0. The monoisotopic (exact) mass is 276 g/mol. The summed E-state index contributed by atoms with van der Waals surface area (Å²) in [5.41, 5.74) is 2.50. The Kier molecular flexibility index (Phi) is 5.30. The van der Waals surface area contributed by atoms with E-state index in [0.717, 1.165) is 11.7 Å². The quantitative estimate of drug-likeness (QED) is 0.890. The lowest BCUT2D eigenvalue weighted by Gasteiger charge is -2.34. The topological polar surface area (TPSA) is 24.5 Å². The second-order valence-electron chi connectivity index (χ2n) is 6.29. The van der Waals surface area contributed by atoms with E-state index in [0.29, 0.717) is 6.04 Å². The number of piperidine rings is 1. The van der Waals surface area contributed by atoms with Crippen LogP contribution in [0.2, 0.25) is 0 Å². The van der Waals surface area contributed by atoms with E-state index in [1.165, 1.54) is 43.7 Å². The molecule has 1 N–H and O–H groups in total. The van der Waals surface area contributed by atoms with Crippen LogP contribution in [0.5, 0.6) is 5.75 Å². The van der Waals surface area contributed by atoms with Gasteiger partial charge in [0.1, 0.15) is 5.75 Å². The number of hydrogen-bond donors (Lipinski definition) is 1. The molecule has 1 aromatic rings. The van der Waals surface area contributed by atoms with E-state index in [-0.39, 0.29) is 0 Å². The van der Waals surface area contributed by atoms with Crippen LogP contribution in [0.25, 0.3) is 0 Å². The van der Waals surface area contributed by atoms with E-state index in [1.807, 2.05) is 6.07 Å². The predicted octanol–water partition coefficient (Wildman–Crippen LogP) is 3.54. The summed E-state index contributed by atoms with van der Waals surface area (Å²) in [6.45, 7) is 10.4. The number of likely N-dealkylation sites (tertiary alicyclic amines) is 1. The van der Waals surface area contributed by atoms with Crippen molar-refractivity contribution in [1.29, 1.82) is 0 Å². The first-order chi connectivity index (χ1) is 9.58. The third-order valence-electron chi connectivity index (χ3n) is 4.00. The zero-order valence-electron chi connectivity index (χ0n) is 13.3. The minimum Gasteiger partial charge on any atom is -0.497 e. The largest absolute Gasteiger partial charge is 0.497 e. The highest BCUT2D eigenvalue weighted by atomic mass is 16.5. The Morgan fingerprint density at radius 3 is 2.55 bits per heavy atom. The minimum atomic E-state index is 0.602. The highest BCUT2D eigenvalue weighted by Gasteiger charge is 2.19. The Bertz CT molecular complexity index is 423. The lowest BCUT2D eigenvalue weighted by Crippen LogP contribution is -2.40. The molecule has 2 rings (SSSR count). The van der Waals surface area contributed by atoms with Crippen LogP contribution in [0, 0.1) is 12.8 Å². The van der Waals surface area contributed by atoms with Crippen molar-refractivity contribution in [1.82, 2.24) is 4.90 Å². The van der Waals surface area contributed by atoms with E-state index in [4.69, 9.17) is 4.74 Å². The molecule has 1 heterocycles. The number of anilines is 1. The summed E-state index contributed by atoms with van der Waals surface area (Å²) in [6.07, 6.45) is 2.47. The van der Waals surface area contributed by atoms with E-state index < -0.39 is 0 Å². The SMILES string of the molecule is COc1ccc(NC2CCN(CC(C)C)CC2)c(C)c1. The zero-order chi connectivity index (χ0) is 14.5. The van der Waals surface area contributed by atoms with Crippen LogP contribution < -0.4 is 10.1 Å². The second kappa shape index (κ2) is 6.98. The molecule has 0 spiro atoms. The van der Waals surface area contributed by atoms with E-state index in [1.54, 1.807) is 7.11 Å². The highest BCUT2D eigenvalue weighted by Crippen LogP contribution is 2.24. The molecule has 20 heavy (non-hydrogen) atoms. The first-order valence-corrected chi connectivity index (χ1v) is 7.72. The van der Waals surface area contributed by atoms with Gasteiger partial charge < -0.3 is 15.0 Å². The molecule has 112 valence electrons. The first kappa shape index (κ1) is 15.2. The second-order valence-corrected chi connectivity index (χ2v) is 6.29. The van der Waals surface area contributed by atoms with Gasteiger partial charge >= 0.3 is 0 Å². The Labute approximate surface area is 123 Å². The van der Waals surface area contributed by atoms with Crippen LogP contribution in [0.15, 0.2) is 18.2 Å². The maximum Gasteiger partial charge on any atom is 0.119 e. The molecule has 0 aliphatic carbocycles. The van der Waals surface area contributed by atoms with Gasteiger partial charge in [-0.3, -0.25) is 0 Å². The van der Waals surface area contributed by atoms with Gasteiger partial charge in [-0.15, -0.1) is 0 Å². The molecule has 0 amide bonds. The average molecular weight is 276 g/mol. The van der Waals surface area contributed by atoms with Gasteiger partial charge in [0.25, 0.3) is 0 Å². The molecule has 3 heteroatoms. The van der Waals surface area contributed by atoms with E-state index in [2.05, 4.69) is 43.1 Å². The molecule has 1 aliphatic rings. The van der Waals surface area contributed by atoms with Crippen molar-refractivity contribution in [2.45, 2.75) is 39.7 Å². The number of benzene rings is 1. The summed E-state index contributed by atoms with van der Waals surface area (Å²) in [7, 11) is 1.71. The molecule has 0 unspecified atom stereocenters. The number of nitrogens with zero attached hydrogens (tertiary/aromatic N) is 1. The van der Waals surface area contributed by atoms with Crippen molar-refractivity contribution in [3.8, 4) is 5.75 Å². The summed E-state index contributed by atoms with van der Waals surface area (Å²) in [4.78, 5) is 2.59. The van der Waals surface area contributed by atoms with Crippen LogP contribution in [-0.2, 0) is 0 Å². The molecule has 0 aromatic heterocycles. The molecule has 0 saturated carbocycles. The smallest absolute Gasteiger partial charge is 0.119 e. The van der Waals surface area contributed by atoms with Gasteiger partial charge in [0, 0.05) is 31.4 Å². The van der Waals surface area contributed by atoms with Gasteiger partial charge in [0.05, 0.1) is 7.11 Å². The molecule has 0 bridgehead atoms. The maximum atomic E-state index is 5.26. The van der Waals surface area contributed by atoms with Crippen LogP contribution in [0.1, 0.15) is 32.3 Å². The molecule has 1 aliphatic heterocycles. The highest BCUT2D eigenvalue weighted by molar-refractivity contribution is 5.54. The summed E-state index contributed by atoms with van der Waals surface area (Å²) >= 11 is 0. The Morgan fingerprint density at radius 2 is 2.00 bits per heavy atom. The van der Waals surface area contributed by atoms with Crippen molar-refractivity contribution in [2.24, 2.45) is 5.92 Å². The van der Waals surface area contributed by atoms with Gasteiger partial charge in [-0.1, -0.05) is 13.8 Å². The fourth-order valence-corrected chi connectivity index (χ4v) is 2.92. The van der Waals surface area contributed by atoms with Gasteiger partial charge in [0.15, 0.2) is 0 Å². The number of methoxy groups -OCH3 is 1. The van der Waals surface area contributed by atoms with Crippen molar-refractivity contribution in [2.75, 3.05) is 32.1 Å². The third-order valence-corrected chi connectivity index (χ3v) is 4.00. The molecular formula is C17H28N2O. The summed E-state index contributed by atoms with van der Waals surface area (Å²) in [6, 6.07) is 6.86. The number of hydrogen-bond acceptors (Lipinski definition) is 3. The average Bonchev–Trinajstić information content (AvgIpc) is 2.42. The minimum absolute atomic E-state index is 0.602. The lowest BCUT2D eigenvalue weighted by molar-refractivity contribution is 0.198. The van der Waals surface area contributed by atoms with Gasteiger partial charge in [0.2, 0.25) is 0 Å².